The smallest absolute Gasteiger partial charge is 0.344 e. The maximum absolute atomic E-state index is 12.2. The van der Waals surface area contributed by atoms with Crippen molar-refractivity contribution < 1.29 is 14.3 Å². The van der Waals surface area contributed by atoms with Crippen LogP contribution in [-0.4, -0.2) is 5.11 Å². The van der Waals surface area contributed by atoms with Gasteiger partial charge in [0.2, 0.25) is 0 Å². The van der Waals surface area contributed by atoms with E-state index in [2.05, 4.69) is 0 Å². The number of rotatable bonds is 0. The highest BCUT2D eigenvalue weighted by atomic mass is 16.5. The molecule has 98 valence electrons. The van der Waals surface area contributed by atoms with E-state index in [0.29, 0.717) is 22.5 Å². The number of hydrogen-bond acceptors (Lipinski definition) is 4. The molecule has 4 nitrogen and oxygen atoms in total. The van der Waals surface area contributed by atoms with Gasteiger partial charge in [-0.3, -0.25) is 0 Å². The van der Waals surface area contributed by atoms with Gasteiger partial charge in [0.25, 0.3) is 0 Å². The first kappa shape index (κ1) is 11.1. The zero-order valence-electron chi connectivity index (χ0n) is 10.4. The lowest BCUT2D eigenvalue weighted by Crippen LogP contribution is -2.15. The molecule has 0 unspecified atom stereocenters. The van der Waals surface area contributed by atoms with E-state index in [9.17, 15) is 9.90 Å². The largest absolute Gasteiger partial charge is 0.504 e. The van der Waals surface area contributed by atoms with Gasteiger partial charge in [0, 0.05) is 16.5 Å². The van der Waals surface area contributed by atoms with Gasteiger partial charge in [-0.15, -0.1) is 0 Å². The van der Waals surface area contributed by atoms with Gasteiger partial charge in [-0.2, -0.15) is 0 Å². The Bertz CT molecular complexity index is 893. The Labute approximate surface area is 113 Å². The molecule has 2 heterocycles. The van der Waals surface area contributed by atoms with E-state index in [1.807, 2.05) is 18.2 Å². The van der Waals surface area contributed by atoms with Crippen LogP contribution in [-0.2, 0) is 6.61 Å². The van der Waals surface area contributed by atoms with E-state index in [1.165, 1.54) is 6.07 Å². The van der Waals surface area contributed by atoms with Crippen LogP contribution in [0.15, 0.2) is 51.7 Å². The standard InChI is InChI=1S/C16H10O4/c17-12-6-3-5-10-14-11(8-19-15(10)12)9-4-1-2-7-13(9)20-16(14)18/h1-7,17H,8H2. The molecule has 0 bridgehead atoms. The fourth-order valence-electron chi connectivity index (χ4n) is 2.65. The molecule has 0 spiro atoms. The zero-order chi connectivity index (χ0) is 13.7. The number of phenols is 1. The van der Waals surface area contributed by atoms with Crippen molar-refractivity contribution in [3.8, 4) is 22.6 Å². The average Bonchev–Trinajstić information content (AvgIpc) is 2.47. The predicted octanol–water partition coefficient (Wildman–Crippen LogP) is 3.06. The molecule has 0 fully saturated rings. The van der Waals surface area contributed by atoms with Crippen molar-refractivity contribution in [1.82, 2.24) is 0 Å². The molecule has 0 amide bonds. The van der Waals surface area contributed by atoms with E-state index in [4.69, 9.17) is 9.15 Å². The molecule has 4 heteroatoms. The van der Waals surface area contributed by atoms with E-state index in [1.54, 1.807) is 18.2 Å². The molecule has 2 aromatic carbocycles. The molecule has 0 saturated heterocycles. The summed E-state index contributed by atoms with van der Waals surface area (Å²) >= 11 is 0. The summed E-state index contributed by atoms with van der Waals surface area (Å²) in [6.45, 7) is 0.242. The van der Waals surface area contributed by atoms with Crippen molar-refractivity contribution in [1.29, 1.82) is 0 Å². The topological polar surface area (TPSA) is 59.7 Å². The van der Waals surface area contributed by atoms with Crippen molar-refractivity contribution in [2.45, 2.75) is 6.61 Å². The van der Waals surface area contributed by atoms with Crippen LogP contribution in [0.2, 0.25) is 0 Å². The Morgan fingerprint density at radius 1 is 1.05 bits per heavy atom. The quantitative estimate of drug-likeness (QED) is 0.635. The first-order valence-corrected chi connectivity index (χ1v) is 6.25. The van der Waals surface area contributed by atoms with Gasteiger partial charge in [-0.05, 0) is 12.1 Å². The highest BCUT2D eigenvalue weighted by molar-refractivity contribution is 5.89. The van der Waals surface area contributed by atoms with Crippen molar-refractivity contribution in [3.05, 3.63) is 58.4 Å². The van der Waals surface area contributed by atoms with E-state index in [0.717, 1.165) is 10.9 Å². The fraction of sp³-hybridized carbons (Fsp3) is 0.0625. The summed E-state index contributed by atoms with van der Waals surface area (Å²) in [4.78, 5) is 12.2. The zero-order valence-corrected chi connectivity index (χ0v) is 10.4. The van der Waals surface area contributed by atoms with Crippen LogP contribution in [0, 0.1) is 0 Å². The van der Waals surface area contributed by atoms with Crippen LogP contribution in [0.4, 0.5) is 0 Å². The van der Waals surface area contributed by atoms with Crippen LogP contribution in [0.1, 0.15) is 5.56 Å². The molecule has 1 aromatic heterocycles. The molecular weight excluding hydrogens is 256 g/mol. The number of hydrogen-bond donors (Lipinski definition) is 1. The monoisotopic (exact) mass is 266 g/mol. The summed E-state index contributed by atoms with van der Waals surface area (Å²) < 4.78 is 11.0. The molecule has 0 aliphatic carbocycles. The fourth-order valence-corrected chi connectivity index (χ4v) is 2.65. The summed E-state index contributed by atoms with van der Waals surface area (Å²) in [5, 5.41) is 10.7. The second-order valence-electron chi connectivity index (χ2n) is 4.68. The molecule has 20 heavy (non-hydrogen) atoms. The summed E-state index contributed by atoms with van der Waals surface area (Å²) in [7, 11) is 0. The van der Waals surface area contributed by atoms with Crippen molar-refractivity contribution in [2.75, 3.05) is 0 Å². The number of fused-ring (bicyclic) bond motifs is 5. The lowest BCUT2D eigenvalue weighted by molar-refractivity contribution is 0.285. The predicted molar refractivity (Wildman–Crippen MR) is 73.9 cm³/mol. The average molecular weight is 266 g/mol. The summed E-state index contributed by atoms with van der Waals surface area (Å²) in [5.74, 6) is 0.364. The third-order valence-electron chi connectivity index (χ3n) is 3.55. The molecule has 1 N–H and O–H groups in total. The van der Waals surface area contributed by atoms with E-state index in [-0.39, 0.29) is 12.4 Å². The molecule has 4 rings (SSSR count). The third-order valence-corrected chi connectivity index (χ3v) is 3.55. The molecule has 1 aliphatic heterocycles. The molecule has 3 aromatic rings. The van der Waals surface area contributed by atoms with Gasteiger partial charge in [-0.1, -0.05) is 30.3 Å². The van der Waals surface area contributed by atoms with Gasteiger partial charge in [0.1, 0.15) is 12.2 Å². The Morgan fingerprint density at radius 3 is 2.80 bits per heavy atom. The molecule has 1 aliphatic rings. The van der Waals surface area contributed by atoms with Crippen molar-refractivity contribution in [2.24, 2.45) is 0 Å². The van der Waals surface area contributed by atoms with Gasteiger partial charge < -0.3 is 14.3 Å². The Hall–Kier alpha value is -2.75. The first-order valence-electron chi connectivity index (χ1n) is 6.25. The molecule has 0 saturated carbocycles. The number of aromatic hydroxyl groups is 1. The second-order valence-corrected chi connectivity index (χ2v) is 4.68. The SMILES string of the molecule is O=c1oc2ccccc2c2c1-c1cccc(O)c1OC2. The van der Waals surface area contributed by atoms with Gasteiger partial charge in [0.05, 0.1) is 5.56 Å². The van der Waals surface area contributed by atoms with Gasteiger partial charge in [0.15, 0.2) is 11.5 Å². The third kappa shape index (κ3) is 1.39. The van der Waals surface area contributed by atoms with Crippen LogP contribution in [0.5, 0.6) is 11.5 Å². The van der Waals surface area contributed by atoms with Gasteiger partial charge >= 0.3 is 5.63 Å². The molecule has 0 radical (unpaired) electrons. The van der Waals surface area contributed by atoms with E-state index < -0.39 is 5.63 Å². The van der Waals surface area contributed by atoms with Crippen molar-refractivity contribution in [3.63, 3.8) is 0 Å². The van der Waals surface area contributed by atoms with E-state index >= 15 is 0 Å². The first-order chi connectivity index (χ1) is 9.75. The summed E-state index contributed by atoms with van der Waals surface area (Å²) in [6, 6.07) is 12.3. The number of benzene rings is 2. The number of phenolic OH excluding ortho intramolecular Hbond substituents is 1. The minimum atomic E-state index is -0.408. The molecule has 0 atom stereocenters. The van der Waals surface area contributed by atoms with Gasteiger partial charge in [-0.25, -0.2) is 4.79 Å². The molecular formula is C16H10O4. The summed E-state index contributed by atoms with van der Waals surface area (Å²) in [6.07, 6.45) is 0. The lowest BCUT2D eigenvalue weighted by Gasteiger charge is -2.21. The normalized spacial score (nSPS) is 12.6. The Balaban J connectivity index is 2.17. The maximum atomic E-state index is 12.2. The number of para-hydroxylation sites is 2. The lowest BCUT2D eigenvalue weighted by atomic mass is 9.96. The highest BCUT2D eigenvalue weighted by Crippen LogP contribution is 2.42. The van der Waals surface area contributed by atoms with Crippen LogP contribution >= 0.6 is 0 Å². The minimum absolute atomic E-state index is 0.0284. The maximum Gasteiger partial charge on any atom is 0.344 e. The minimum Gasteiger partial charge on any atom is -0.504 e. The van der Waals surface area contributed by atoms with Crippen LogP contribution < -0.4 is 10.4 Å². The van der Waals surface area contributed by atoms with Crippen LogP contribution in [0.3, 0.4) is 0 Å². The summed E-state index contributed by atoms with van der Waals surface area (Å²) in [5.41, 5.74) is 1.99. The Kier molecular flexibility index (Phi) is 2.15. The van der Waals surface area contributed by atoms with Crippen molar-refractivity contribution >= 4 is 11.0 Å². The highest BCUT2D eigenvalue weighted by Gasteiger charge is 2.25. The van der Waals surface area contributed by atoms with Crippen LogP contribution in [0.25, 0.3) is 22.1 Å². The second kappa shape index (κ2) is 3.87. The number of ether oxygens (including phenoxy) is 1. The Morgan fingerprint density at radius 2 is 1.90 bits per heavy atom.